The average molecular weight is 326 g/mol. The van der Waals surface area contributed by atoms with Crippen LogP contribution in [-0.2, 0) is 0 Å². The van der Waals surface area contributed by atoms with Gasteiger partial charge in [0.25, 0.3) is 0 Å². The molecule has 0 saturated heterocycles. The lowest BCUT2D eigenvalue weighted by Gasteiger charge is -2.14. The fourth-order valence-electron chi connectivity index (χ4n) is 1.77. The van der Waals surface area contributed by atoms with Crippen LogP contribution in [0.1, 0.15) is 24.2 Å². The van der Waals surface area contributed by atoms with Gasteiger partial charge in [0.2, 0.25) is 0 Å². The van der Waals surface area contributed by atoms with E-state index >= 15 is 0 Å². The Hall–Kier alpha value is -1.46. The summed E-state index contributed by atoms with van der Waals surface area (Å²) in [6.45, 7) is 2.36. The lowest BCUT2D eigenvalue weighted by atomic mass is 10.0. The summed E-state index contributed by atoms with van der Waals surface area (Å²) in [6.07, 6.45) is 1.95. The van der Waals surface area contributed by atoms with Gasteiger partial charge >= 0.3 is 0 Å². The molecule has 0 bridgehead atoms. The zero-order chi connectivity index (χ0) is 13.8. The highest BCUT2D eigenvalue weighted by molar-refractivity contribution is 9.10. The molecule has 1 unspecified atom stereocenters. The molecule has 0 spiro atoms. The second-order valence-electron chi connectivity index (χ2n) is 3.92. The van der Waals surface area contributed by atoms with Crippen LogP contribution in [0.25, 0.3) is 0 Å². The number of pyridine rings is 1. The van der Waals surface area contributed by atoms with E-state index in [0.717, 1.165) is 0 Å². The van der Waals surface area contributed by atoms with Crippen molar-refractivity contribution in [2.45, 2.75) is 13.0 Å². The molecule has 0 aliphatic rings. The van der Waals surface area contributed by atoms with E-state index in [0.29, 0.717) is 22.4 Å². The first-order valence-electron chi connectivity index (χ1n) is 5.83. The van der Waals surface area contributed by atoms with Gasteiger partial charge in [-0.15, -0.1) is 0 Å². The summed E-state index contributed by atoms with van der Waals surface area (Å²) in [5.41, 5.74) is 0.676. The monoisotopic (exact) mass is 325 g/mol. The van der Waals surface area contributed by atoms with E-state index in [-0.39, 0.29) is 5.56 Å². The van der Waals surface area contributed by atoms with Crippen LogP contribution in [-0.4, -0.2) is 16.7 Å². The summed E-state index contributed by atoms with van der Waals surface area (Å²) in [7, 11) is 0. The molecular formula is C14H13BrFNO2. The Morgan fingerprint density at radius 3 is 2.89 bits per heavy atom. The van der Waals surface area contributed by atoms with Crippen molar-refractivity contribution < 1.29 is 14.2 Å². The van der Waals surface area contributed by atoms with Crippen LogP contribution in [0, 0.1) is 5.82 Å². The molecule has 0 aliphatic carbocycles. The zero-order valence-corrected chi connectivity index (χ0v) is 11.9. The topological polar surface area (TPSA) is 42.4 Å². The molecule has 1 heterocycles. The first kappa shape index (κ1) is 14.0. The molecule has 1 aromatic carbocycles. The van der Waals surface area contributed by atoms with Gasteiger partial charge in [0, 0.05) is 21.8 Å². The first-order valence-corrected chi connectivity index (χ1v) is 6.62. The number of aromatic nitrogens is 1. The smallest absolute Gasteiger partial charge is 0.137 e. The molecule has 19 heavy (non-hydrogen) atoms. The summed E-state index contributed by atoms with van der Waals surface area (Å²) in [6, 6.07) is 6.22. The quantitative estimate of drug-likeness (QED) is 0.936. The number of rotatable bonds is 4. The van der Waals surface area contributed by atoms with Crippen LogP contribution in [0.5, 0.6) is 5.75 Å². The molecule has 0 aliphatic heterocycles. The van der Waals surface area contributed by atoms with Crippen LogP contribution in [0.2, 0.25) is 0 Å². The second kappa shape index (κ2) is 6.12. The Bertz CT molecular complexity index is 557. The number of nitrogens with zero attached hydrogens (tertiary/aromatic N) is 1. The van der Waals surface area contributed by atoms with Crippen molar-refractivity contribution in [1.29, 1.82) is 0 Å². The van der Waals surface area contributed by atoms with Crippen LogP contribution < -0.4 is 4.74 Å². The average Bonchev–Trinajstić information content (AvgIpc) is 2.39. The molecule has 100 valence electrons. The van der Waals surface area contributed by atoms with E-state index in [1.807, 2.05) is 6.92 Å². The van der Waals surface area contributed by atoms with Gasteiger partial charge < -0.3 is 9.84 Å². The fourth-order valence-corrected chi connectivity index (χ4v) is 2.33. The highest BCUT2D eigenvalue weighted by atomic mass is 79.9. The molecule has 5 heteroatoms. The Morgan fingerprint density at radius 1 is 1.42 bits per heavy atom. The summed E-state index contributed by atoms with van der Waals surface area (Å²) in [5, 5.41) is 10.3. The molecular weight excluding hydrogens is 313 g/mol. The predicted octanol–water partition coefficient (Wildman–Crippen LogP) is 3.46. The second-order valence-corrected chi connectivity index (χ2v) is 4.78. The Labute approximate surface area is 119 Å². The standard InChI is InChI=1S/C14H13BrFNO2/c1-2-19-10-6-9(7-17-8-10)14(18)13-11(15)4-3-5-12(13)16/h3-8,14,18H,2H2,1H3. The zero-order valence-electron chi connectivity index (χ0n) is 10.3. The minimum absolute atomic E-state index is 0.193. The van der Waals surface area contributed by atoms with Gasteiger partial charge in [-0.25, -0.2) is 4.39 Å². The van der Waals surface area contributed by atoms with Crippen molar-refractivity contribution >= 4 is 15.9 Å². The summed E-state index contributed by atoms with van der Waals surface area (Å²) in [4.78, 5) is 3.99. The molecule has 1 atom stereocenters. The van der Waals surface area contributed by atoms with E-state index in [4.69, 9.17) is 4.74 Å². The maximum absolute atomic E-state index is 13.8. The third kappa shape index (κ3) is 3.11. The van der Waals surface area contributed by atoms with Crippen molar-refractivity contribution in [3.05, 3.63) is 58.1 Å². The highest BCUT2D eigenvalue weighted by Gasteiger charge is 2.18. The van der Waals surface area contributed by atoms with E-state index in [9.17, 15) is 9.50 Å². The fraction of sp³-hybridized carbons (Fsp3) is 0.214. The maximum atomic E-state index is 13.8. The summed E-state index contributed by atoms with van der Waals surface area (Å²) in [5.74, 6) is 0.0789. The van der Waals surface area contributed by atoms with Gasteiger partial charge in [0.05, 0.1) is 12.8 Å². The van der Waals surface area contributed by atoms with E-state index in [1.54, 1.807) is 24.4 Å². The largest absolute Gasteiger partial charge is 0.492 e. The molecule has 1 aromatic heterocycles. The minimum atomic E-state index is -1.09. The molecule has 1 N–H and O–H groups in total. The van der Waals surface area contributed by atoms with Crippen molar-refractivity contribution in [1.82, 2.24) is 4.98 Å². The lowest BCUT2D eigenvalue weighted by molar-refractivity contribution is 0.212. The number of aliphatic hydroxyl groups is 1. The summed E-state index contributed by atoms with van der Waals surface area (Å²) < 4.78 is 19.6. The molecule has 0 fully saturated rings. The third-order valence-corrected chi connectivity index (χ3v) is 3.33. The van der Waals surface area contributed by atoms with Crippen LogP contribution in [0.3, 0.4) is 0 Å². The van der Waals surface area contributed by atoms with Gasteiger partial charge in [-0.3, -0.25) is 4.98 Å². The number of benzene rings is 1. The Balaban J connectivity index is 2.38. The number of hydrogen-bond donors (Lipinski definition) is 1. The number of hydrogen-bond acceptors (Lipinski definition) is 3. The maximum Gasteiger partial charge on any atom is 0.137 e. The molecule has 0 amide bonds. The Morgan fingerprint density at radius 2 is 2.21 bits per heavy atom. The van der Waals surface area contributed by atoms with E-state index in [1.165, 1.54) is 12.3 Å². The molecule has 2 aromatic rings. The van der Waals surface area contributed by atoms with Gasteiger partial charge in [-0.2, -0.15) is 0 Å². The molecule has 2 rings (SSSR count). The van der Waals surface area contributed by atoms with E-state index in [2.05, 4.69) is 20.9 Å². The molecule has 3 nitrogen and oxygen atoms in total. The third-order valence-electron chi connectivity index (χ3n) is 2.63. The van der Waals surface area contributed by atoms with Crippen LogP contribution in [0.15, 0.2) is 41.1 Å². The summed E-state index contributed by atoms with van der Waals surface area (Å²) >= 11 is 3.24. The number of aliphatic hydroxyl groups excluding tert-OH is 1. The van der Waals surface area contributed by atoms with Crippen molar-refractivity contribution in [3.8, 4) is 5.75 Å². The van der Waals surface area contributed by atoms with Crippen molar-refractivity contribution in [2.75, 3.05) is 6.61 Å². The van der Waals surface area contributed by atoms with Crippen molar-refractivity contribution in [2.24, 2.45) is 0 Å². The molecule has 0 saturated carbocycles. The minimum Gasteiger partial charge on any atom is -0.492 e. The first-order chi connectivity index (χ1) is 9.13. The van der Waals surface area contributed by atoms with Gasteiger partial charge in [-0.1, -0.05) is 22.0 Å². The lowest BCUT2D eigenvalue weighted by Crippen LogP contribution is -2.05. The van der Waals surface area contributed by atoms with Gasteiger partial charge in [-0.05, 0) is 25.1 Å². The van der Waals surface area contributed by atoms with Gasteiger partial charge in [0.1, 0.15) is 17.7 Å². The number of ether oxygens (including phenoxy) is 1. The highest BCUT2D eigenvalue weighted by Crippen LogP contribution is 2.31. The van der Waals surface area contributed by atoms with Crippen LogP contribution >= 0.6 is 15.9 Å². The van der Waals surface area contributed by atoms with Crippen LogP contribution in [0.4, 0.5) is 4.39 Å². The normalized spacial score (nSPS) is 12.2. The number of halogens is 2. The molecule has 0 radical (unpaired) electrons. The SMILES string of the molecule is CCOc1cncc(C(O)c2c(F)cccc2Br)c1. The Kier molecular flexibility index (Phi) is 4.50. The van der Waals surface area contributed by atoms with Gasteiger partial charge in [0.15, 0.2) is 0 Å². The van der Waals surface area contributed by atoms with Crippen molar-refractivity contribution in [3.63, 3.8) is 0 Å². The predicted molar refractivity (Wildman–Crippen MR) is 73.6 cm³/mol. The van der Waals surface area contributed by atoms with E-state index < -0.39 is 11.9 Å².